The molecule has 0 unspecified atom stereocenters. The predicted molar refractivity (Wildman–Crippen MR) is 137 cm³/mol. The minimum absolute atomic E-state index is 0.175. The zero-order valence-corrected chi connectivity index (χ0v) is 20.2. The number of halogens is 3. The second-order valence-corrected chi connectivity index (χ2v) is 8.95. The van der Waals surface area contributed by atoms with Crippen LogP contribution in [0.3, 0.4) is 0 Å². The van der Waals surface area contributed by atoms with Crippen molar-refractivity contribution in [3.05, 3.63) is 111 Å². The molecule has 0 bridgehead atoms. The van der Waals surface area contributed by atoms with E-state index >= 15 is 0 Å². The van der Waals surface area contributed by atoms with Crippen molar-refractivity contribution < 1.29 is 14.3 Å². The summed E-state index contributed by atoms with van der Waals surface area (Å²) in [6, 6.07) is 20.3. The Hall–Kier alpha value is -3.58. The summed E-state index contributed by atoms with van der Waals surface area (Å²) in [5.74, 6) is 0.171. The Kier molecular flexibility index (Phi) is 6.34. The summed E-state index contributed by atoms with van der Waals surface area (Å²) in [7, 11) is 0. The molecule has 2 amide bonds. The molecule has 0 fully saturated rings. The first kappa shape index (κ1) is 23.2. The minimum Gasteiger partial charge on any atom is -0.437 e. The van der Waals surface area contributed by atoms with Gasteiger partial charge in [-0.3, -0.25) is 14.5 Å². The zero-order chi connectivity index (χ0) is 24.5. The van der Waals surface area contributed by atoms with Crippen LogP contribution in [0.5, 0.6) is 11.6 Å². The maximum atomic E-state index is 13.6. The number of benzene rings is 3. The summed E-state index contributed by atoms with van der Waals surface area (Å²) in [5.41, 5.74) is 2.25. The van der Waals surface area contributed by atoms with Gasteiger partial charge in [-0.25, -0.2) is 4.98 Å². The summed E-state index contributed by atoms with van der Waals surface area (Å²) in [6.45, 7) is 0.274. The van der Waals surface area contributed by atoms with E-state index in [2.05, 4.69) is 10.3 Å². The number of nitrogens with zero attached hydrogens (tertiary/aromatic N) is 2. The summed E-state index contributed by atoms with van der Waals surface area (Å²) in [4.78, 5) is 32.2. The van der Waals surface area contributed by atoms with Gasteiger partial charge in [-0.2, -0.15) is 0 Å². The lowest BCUT2D eigenvalue weighted by Gasteiger charge is -2.22. The lowest BCUT2D eigenvalue weighted by Crippen LogP contribution is -2.30. The fourth-order valence-corrected chi connectivity index (χ4v) is 4.36. The second-order valence-electron chi connectivity index (χ2n) is 7.70. The molecule has 0 atom stereocenters. The summed E-state index contributed by atoms with van der Waals surface area (Å²) >= 11 is 18.6. The highest BCUT2D eigenvalue weighted by Gasteiger charge is 2.28. The van der Waals surface area contributed by atoms with Crippen LogP contribution in [0.2, 0.25) is 15.1 Å². The highest BCUT2D eigenvalue weighted by atomic mass is 35.5. The van der Waals surface area contributed by atoms with Crippen molar-refractivity contribution in [1.29, 1.82) is 0 Å². The molecule has 0 radical (unpaired) electrons. The molecule has 2 heterocycles. The van der Waals surface area contributed by atoms with Gasteiger partial charge < -0.3 is 10.1 Å². The third-order valence-electron chi connectivity index (χ3n) is 5.43. The largest absolute Gasteiger partial charge is 0.437 e. The number of anilines is 2. The molecule has 4 aromatic rings. The van der Waals surface area contributed by atoms with E-state index < -0.39 is 5.91 Å². The van der Waals surface area contributed by atoms with E-state index in [1.54, 1.807) is 47.5 Å². The van der Waals surface area contributed by atoms with Crippen molar-refractivity contribution in [3.63, 3.8) is 0 Å². The standard InChI is InChI=1S/C26H16Cl3N3O3/c27-16-7-10-20(28)19(12-16)24(33)31-17-8-9-18(21(29)13-17)26(34)32-14-15-4-1-2-6-23(15)35-25-22(32)5-3-11-30-25/h1-13H,14H2,(H,31,33). The molecule has 0 aliphatic carbocycles. The van der Waals surface area contributed by atoms with E-state index in [4.69, 9.17) is 39.5 Å². The number of hydrogen-bond donors (Lipinski definition) is 1. The monoisotopic (exact) mass is 523 g/mol. The third-order valence-corrected chi connectivity index (χ3v) is 6.30. The van der Waals surface area contributed by atoms with E-state index in [0.717, 1.165) is 5.56 Å². The van der Waals surface area contributed by atoms with Crippen molar-refractivity contribution in [2.75, 3.05) is 10.2 Å². The van der Waals surface area contributed by atoms with Gasteiger partial charge in [0.1, 0.15) is 11.4 Å². The van der Waals surface area contributed by atoms with E-state index in [1.807, 2.05) is 24.3 Å². The van der Waals surface area contributed by atoms with Gasteiger partial charge in [0.15, 0.2) is 0 Å². The average molecular weight is 525 g/mol. The number of para-hydroxylation sites is 1. The molecule has 35 heavy (non-hydrogen) atoms. The first-order valence-corrected chi connectivity index (χ1v) is 11.6. The number of pyridine rings is 1. The fourth-order valence-electron chi connectivity index (χ4n) is 3.72. The van der Waals surface area contributed by atoms with Crippen molar-refractivity contribution in [1.82, 2.24) is 4.98 Å². The molecule has 3 aromatic carbocycles. The maximum absolute atomic E-state index is 13.6. The van der Waals surface area contributed by atoms with Gasteiger partial charge in [0.05, 0.1) is 27.7 Å². The molecule has 0 saturated carbocycles. The number of hydrogen-bond acceptors (Lipinski definition) is 4. The molecule has 1 aromatic heterocycles. The normalized spacial score (nSPS) is 12.1. The average Bonchev–Trinajstić information content (AvgIpc) is 3.02. The quantitative estimate of drug-likeness (QED) is 0.306. The SMILES string of the molecule is O=C(Nc1ccc(C(=O)N2Cc3ccccc3Oc3ncccc32)c(Cl)c1)c1cc(Cl)ccc1Cl. The molecule has 1 N–H and O–H groups in total. The second kappa shape index (κ2) is 9.58. The molecule has 1 aliphatic heterocycles. The van der Waals surface area contributed by atoms with Crippen LogP contribution in [0.1, 0.15) is 26.3 Å². The van der Waals surface area contributed by atoms with Gasteiger partial charge >= 0.3 is 0 Å². The van der Waals surface area contributed by atoms with Crippen LogP contribution in [0, 0.1) is 0 Å². The Morgan fingerprint density at radius 2 is 1.71 bits per heavy atom. The molecule has 5 rings (SSSR count). The molecule has 1 aliphatic rings. The minimum atomic E-state index is -0.450. The fraction of sp³-hybridized carbons (Fsp3) is 0.0385. The van der Waals surface area contributed by atoms with Crippen molar-refractivity contribution in [2.45, 2.75) is 6.54 Å². The van der Waals surface area contributed by atoms with Crippen molar-refractivity contribution in [2.24, 2.45) is 0 Å². The van der Waals surface area contributed by atoms with E-state index in [-0.39, 0.29) is 33.6 Å². The first-order chi connectivity index (χ1) is 16.9. The van der Waals surface area contributed by atoms with Crippen LogP contribution in [0.15, 0.2) is 79.0 Å². The lowest BCUT2D eigenvalue weighted by molar-refractivity contribution is 0.0984. The molecule has 0 saturated heterocycles. The molecule has 6 nitrogen and oxygen atoms in total. The molecule has 0 spiro atoms. The van der Waals surface area contributed by atoms with Gasteiger partial charge in [0.2, 0.25) is 5.88 Å². The Morgan fingerprint density at radius 3 is 2.54 bits per heavy atom. The van der Waals surface area contributed by atoms with Crippen LogP contribution >= 0.6 is 34.8 Å². The smallest absolute Gasteiger partial charge is 0.260 e. The summed E-state index contributed by atoms with van der Waals surface area (Å²) in [5, 5.41) is 3.55. The topological polar surface area (TPSA) is 71.5 Å². The molecule has 9 heteroatoms. The number of carbonyl (C=O) groups excluding carboxylic acids is 2. The predicted octanol–water partition coefficient (Wildman–Crippen LogP) is 7.25. The van der Waals surface area contributed by atoms with Crippen LogP contribution in [-0.2, 0) is 6.54 Å². The highest BCUT2D eigenvalue weighted by molar-refractivity contribution is 6.37. The van der Waals surface area contributed by atoms with Crippen LogP contribution in [-0.4, -0.2) is 16.8 Å². The first-order valence-electron chi connectivity index (χ1n) is 10.5. The van der Waals surface area contributed by atoms with Gasteiger partial charge in [-0.1, -0.05) is 53.0 Å². The van der Waals surface area contributed by atoms with Gasteiger partial charge in [0, 0.05) is 22.5 Å². The lowest BCUT2D eigenvalue weighted by atomic mass is 10.1. The highest BCUT2D eigenvalue weighted by Crippen LogP contribution is 2.38. The third kappa shape index (κ3) is 4.68. The van der Waals surface area contributed by atoms with Gasteiger partial charge in [0.25, 0.3) is 11.8 Å². The molecular formula is C26H16Cl3N3O3. The number of fused-ring (bicyclic) bond motifs is 2. The van der Waals surface area contributed by atoms with Crippen LogP contribution in [0.25, 0.3) is 0 Å². The van der Waals surface area contributed by atoms with Crippen molar-refractivity contribution in [3.8, 4) is 11.6 Å². The number of rotatable bonds is 3. The van der Waals surface area contributed by atoms with Gasteiger partial charge in [-0.15, -0.1) is 0 Å². The number of ether oxygens (including phenoxy) is 1. The number of nitrogens with one attached hydrogen (secondary N) is 1. The summed E-state index contributed by atoms with van der Waals surface area (Å²) in [6.07, 6.45) is 1.60. The number of carbonyl (C=O) groups is 2. The Bertz CT molecular complexity index is 1480. The Labute approximate surface area is 216 Å². The van der Waals surface area contributed by atoms with E-state index in [1.165, 1.54) is 12.1 Å². The molecule has 174 valence electrons. The number of amides is 2. The van der Waals surface area contributed by atoms with E-state index in [9.17, 15) is 9.59 Å². The van der Waals surface area contributed by atoms with Crippen LogP contribution in [0.4, 0.5) is 11.4 Å². The van der Waals surface area contributed by atoms with Gasteiger partial charge in [-0.05, 0) is 54.6 Å². The molecular weight excluding hydrogens is 509 g/mol. The van der Waals surface area contributed by atoms with E-state index in [0.29, 0.717) is 28.0 Å². The zero-order valence-electron chi connectivity index (χ0n) is 18.0. The summed E-state index contributed by atoms with van der Waals surface area (Å²) < 4.78 is 5.97. The Morgan fingerprint density at radius 1 is 0.886 bits per heavy atom. The Balaban J connectivity index is 1.44. The maximum Gasteiger partial charge on any atom is 0.260 e. The van der Waals surface area contributed by atoms with Crippen molar-refractivity contribution >= 4 is 58.0 Å². The van der Waals surface area contributed by atoms with Crippen LogP contribution < -0.4 is 15.0 Å². The number of aromatic nitrogens is 1.